The van der Waals surface area contributed by atoms with Gasteiger partial charge < -0.3 is 10.4 Å². The molecule has 0 spiro atoms. The van der Waals surface area contributed by atoms with Gasteiger partial charge in [-0.15, -0.1) is 11.3 Å². The molecule has 2 aromatic rings. The molecule has 2 rings (SSSR count). The summed E-state index contributed by atoms with van der Waals surface area (Å²) >= 11 is 1.17. The highest BCUT2D eigenvalue weighted by Crippen LogP contribution is 2.21. The van der Waals surface area contributed by atoms with E-state index in [1.54, 1.807) is 13.8 Å². The zero-order valence-corrected chi connectivity index (χ0v) is 12.2. The van der Waals surface area contributed by atoms with E-state index in [1.807, 2.05) is 0 Å². The van der Waals surface area contributed by atoms with Crippen molar-refractivity contribution in [1.82, 2.24) is 10.3 Å². The molecule has 0 bridgehead atoms. The van der Waals surface area contributed by atoms with Crippen molar-refractivity contribution in [2.24, 2.45) is 0 Å². The van der Waals surface area contributed by atoms with Gasteiger partial charge >= 0.3 is 5.97 Å². The van der Waals surface area contributed by atoms with Crippen LogP contribution in [0.2, 0.25) is 0 Å². The maximum Gasteiger partial charge on any atom is 0.331 e. The van der Waals surface area contributed by atoms with Gasteiger partial charge in [-0.2, -0.15) is 0 Å². The molecule has 1 amide bonds. The fourth-order valence-corrected chi connectivity index (χ4v) is 2.74. The average molecular weight is 308 g/mol. The Morgan fingerprint density at radius 1 is 1.33 bits per heavy atom. The molecule has 7 heteroatoms. The van der Waals surface area contributed by atoms with E-state index < -0.39 is 23.7 Å². The Morgan fingerprint density at radius 2 is 2.00 bits per heavy atom. The number of rotatable bonds is 4. The van der Waals surface area contributed by atoms with E-state index in [1.165, 1.54) is 29.5 Å². The molecule has 1 heterocycles. The number of carbonyl (C=O) groups excluding carboxylic acids is 1. The number of amides is 1. The monoisotopic (exact) mass is 308 g/mol. The summed E-state index contributed by atoms with van der Waals surface area (Å²) in [4.78, 5) is 27.9. The molecule has 21 heavy (non-hydrogen) atoms. The van der Waals surface area contributed by atoms with Gasteiger partial charge in [0.25, 0.3) is 5.91 Å². The second-order valence-corrected chi connectivity index (χ2v) is 5.62. The summed E-state index contributed by atoms with van der Waals surface area (Å²) in [6.07, 6.45) is 0. The number of halogens is 1. The fraction of sp³-hybridized carbons (Fsp3) is 0.214. The normalized spacial score (nSPS) is 12.0. The maximum absolute atomic E-state index is 13.7. The number of carboxylic acid groups (broad SMARTS) is 1. The Morgan fingerprint density at radius 3 is 2.52 bits per heavy atom. The lowest BCUT2D eigenvalue weighted by Crippen LogP contribution is -2.34. The predicted octanol–water partition coefficient (Wildman–Crippen LogP) is 2.45. The van der Waals surface area contributed by atoms with Crippen LogP contribution >= 0.6 is 11.3 Å². The van der Waals surface area contributed by atoms with Crippen LogP contribution in [-0.4, -0.2) is 22.0 Å². The van der Waals surface area contributed by atoms with Crippen LogP contribution in [0.25, 0.3) is 0 Å². The molecule has 0 saturated heterocycles. The number of hydrogen-bond acceptors (Lipinski definition) is 4. The van der Waals surface area contributed by atoms with Gasteiger partial charge in [-0.05, 0) is 19.9 Å². The molecule has 1 aromatic heterocycles. The van der Waals surface area contributed by atoms with Crippen LogP contribution in [0.1, 0.15) is 32.0 Å². The molecule has 0 aliphatic carbocycles. The van der Waals surface area contributed by atoms with Gasteiger partial charge in [-0.1, -0.05) is 18.2 Å². The summed E-state index contributed by atoms with van der Waals surface area (Å²) in [6.45, 7) is 3.41. The first-order valence-electron chi connectivity index (χ1n) is 6.12. The lowest BCUT2D eigenvalue weighted by Gasteiger charge is -2.15. The van der Waals surface area contributed by atoms with E-state index in [-0.39, 0.29) is 5.56 Å². The van der Waals surface area contributed by atoms with Crippen molar-refractivity contribution in [3.05, 3.63) is 51.2 Å². The first-order valence-corrected chi connectivity index (χ1v) is 6.94. The van der Waals surface area contributed by atoms with Gasteiger partial charge in [-0.25, -0.2) is 14.2 Å². The van der Waals surface area contributed by atoms with Crippen molar-refractivity contribution in [2.75, 3.05) is 0 Å². The van der Waals surface area contributed by atoms with Crippen molar-refractivity contribution in [3.63, 3.8) is 0 Å². The highest BCUT2D eigenvalue weighted by atomic mass is 32.1. The fourth-order valence-electron chi connectivity index (χ4n) is 1.92. The number of carbonyl (C=O) groups is 2. The minimum Gasteiger partial charge on any atom is -0.479 e. The van der Waals surface area contributed by atoms with Crippen molar-refractivity contribution in [3.8, 4) is 0 Å². The Labute approximate surface area is 124 Å². The zero-order chi connectivity index (χ0) is 15.6. The lowest BCUT2D eigenvalue weighted by atomic mass is 10.1. The van der Waals surface area contributed by atoms with Gasteiger partial charge in [0.2, 0.25) is 0 Å². The number of benzene rings is 1. The van der Waals surface area contributed by atoms with E-state index in [2.05, 4.69) is 10.3 Å². The summed E-state index contributed by atoms with van der Waals surface area (Å²) < 4.78 is 13.7. The Hall–Kier alpha value is -2.28. The SMILES string of the molecule is Cc1nc(C)c(C(=O)N[C@H](C(=O)O)c2ccccc2F)s1. The molecule has 0 radical (unpaired) electrons. The van der Waals surface area contributed by atoms with Crippen LogP contribution in [0.3, 0.4) is 0 Å². The number of nitrogens with one attached hydrogen (secondary N) is 1. The second-order valence-electron chi connectivity index (χ2n) is 4.41. The molecule has 0 aliphatic rings. The Kier molecular flexibility index (Phi) is 4.32. The standard InChI is InChI=1S/C14H13FN2O3S/c1-7-12(21-8(2)16-7)13(18)17-11(14(19)20)9-5-3-4-6-10(9)15/h3-6,11H,1-2H3,(H,17,18)(H,19,20)/t11-/m0/s1. The predicted molar refractivity (Wildman–Crippen MR) is 75.8 cm³/mol. The Balaban J connectivity index is 2.29. The number of aliphatic carboxylic acids is 1. The topological polar surface area (TPSA) is 79.3 Å². The number of thiazole rings is 1. The van der Waals surface area contributed by atoms with Crippen LogP contribution in [0.4, 0.5) is 4.39 Å². The van der Waals surface area contributed by atoms with E-state index in [4.69, 9.17) is 0 Å². The molecule has 1 atom stereocenters. The third-order valence-corrected chi connectivity index (χ3v) is 3.92. The third-order valence-electron chi connectivity index (χ3n) is 2.85. The van der Waals surface area contributed by atoms with Crippen LogP contribution in [0.15, 0.2) is 24.3 Å². The largest absolute Gasteiger partial charge is 0.479 e. The lowest BCUT2D eigenvalue weighted by molar-refractivity contribution is -0.139. The van der Waals surface area contributed by atoms with Gasteiger partial charge in [0.15, 0.2) is 6.04 Å². The number of aromatic nitrogens is 1. The van der Waals surface area contributed by atoms with Gasteiger partial charge in [0.1, 0.15) is 10.7 Å². The highest BCUT2D eigenvalue weighted by Gasteiger charge is 2.26. The summed E-state index contributed by atoms with van der Waals surface area (Å²) in [5.74, 6) is -2.58. The van der Waals surface area contributed by atoms with Gasteiger partial charge in [0.05, 0.1) is 10.7 Å². The van der Waals surface area contributed by atoms with Crippen molar-refractivity contribution >= 4 is 23.2 Å². The minimum absolute atomic E-state index is 0.0859. The van der Waals surface area contributed by atoms with Crippen LogP contribution in [-0.2, 0) is 4.79 Å². The maximum atomic E-state index is 13.7. The van der Waals surface area contributed by atoms with Crippen molar-refractivity contribution < 1.29 is 19.1 Å². The quantitative estimate of drug-likeness (QED) is 0.909. The number of hydrogen-bond donors (Lipinski definition) is 2. The van der Waals surface area contributed by atoms with Crippen LogP contribution in [0.5, 0.6) is 0 Å². The van der Waals surface area contributed by atoms with Crippen LogP contribution in [0, 0.1) is 19.7 Å². The summed E-state index contributed by atoms with van der Waals surface area (Å²) in [5, 5.41) is 12.3. The molecule has 0 unspecified atom stereocenters. The number of carboxylic acids is 1. The molecule has 2 N–H and O–H groups in total. The van der Waals surface area contributed by atoms with Gasteiger partial charge in [-0.3, -0.25) is 4.79 Å². The molecule has 0 aliphatic heterocycles. The summed E-state index contributed by atoms with van der Waals surface area (Å²) in [5.41, 5.74) is 0.435. The number of nitrogens with zero attached hydrogens (tertiary/aromatic N) is 1. The zero-order valence-electron chi connectivity index (χ0n) is 11.4. The molecular formula is C14H13FN2O3S. The van der Waals surface area contributed by atoms with E-state index in [0.29, 0.717) is 15.6 Å². The van der Waals surface area contributed by atoms with Gasteiger partial charge in [0, 0.05) is 5.56 Å². The average Bonchev–Trinajstić information content (AvgIpc) is 2.75. The minimum atomic E-state index is -1.44. The van der Waals surface area contributed by atoms with E-state index in [0.717, 1.165) is 6.07 Å². The smallest absolute Gasteiger partial charge is 0.331 e. The highest BCUT2D eigenvalue weighted by molar-refractivity contribution is 7.13. The first kappa shape index (κ1) is 15.1. The molecular weight excluding hydrogens is 295 g/mol. The van der Waals surface area contributed by atoms with Crippen molar-refractivity contribution in [2.45, 2.75) is 19.9 Å². The number of aryl methyl sites for hydroxylation is 2. The van der Waals surface area contributed by atoms with Crippen LogP contribution < -0.4 is 5.32 Å². The Bertz CT molecular complexity index is 699. The van der Waals surface area contributed by atoms with E-state index >= 15 is 0 Å². The summed E-state index contributed by atoms with van der Waals surface area (Å²) in [7, 11) is 0. The first-order chi connectivity index (χ1) is 9.90. The molecule has 0 saturated carbocycles. The molecule has 1 aromatic carbocycles. The van der Waals surface area contributed by atoms with E-state index in [9.17, 15) is 19.1 Å². The van der Waals surface area contributed by atoms with Crippen molar-refractivity contribution in [1.29, 1.82) is 0 Å². The second kappa shape index (κ2) is 6.01. The molecule has 0 fully saturated rings. The summed E-state index contributed by atoms with van der Waals surface area (Å²) in [6, 6.07) is 4.01. The third kappa shape index (κ3) is 3.25. The molecule has 5 nitrogen and oxygen atoms in total. The molecule has 110 valence electrons.